The molecule has 0 aromatic heterocycles. The van der Waals surface area contributed by atoms with Gasteiger partial charge in [0.05, 0.1) is 32.2 Å². The first-order chi connectivity index (χ1) is 20.0. The van der Waals surface area contributed by atoms with Gasteiger partial charge >= 0.3 is 18.3 Å². The second-order valence-electron chi connectivity index (χ2n) is 9.10. The molecule has 17 heteroatoms. The molecule has 0 spiro atoms. The Hall–Kier alpha value is -2.90. The van der Waals surface area contributed by atoms with Crippen molar-refractivity contribution < 1.29 is 40.7 Å². The van der Waals surface area contributed by atoms with Gasteiger partial charge in [0.15, 0.2) is 5.82 Å². The number of benzene rings is 3. The maximum Gasteiger partial charge on any atom is 0.383 e. The van der Waals surface area contributed by atoms with Crippen molar-refractivity contribution in [1.29, 1.82) is 0 Å². The number of alkyl halides is 6. The predicted molar refractivity (Wildman–Crippen MR) is 151 cm³/mol. The van der Waals surface area contributed by atoms with Gasteiger partial charge < -0.3 is 16.0 Å². The van der Waals surface area contributed by atoms with Gasteiger partial charge in [-0.1, -0.05) is 40.9 Å². The highest BCUT2D eigenvalue weighted by molar-refractivity contribution is 6.53. The van der Waals surface area contributed by atoms with Crippen LogP contribution in [0.25, 0.3) is 0 Å². The third-order valence-corrected chi connectivity index (χ3v) is 8.28. The topological polar surface area (TPSA) is 87.3 Å². The Morgan fingerprint density at radius 1 is 0.837 bits per heavy atom. The lowest BCUT2D eigenvalue weighted by Gasteiger charge is -2.17. The summed E-state index contributed by atoms with van der Waals surface area (Å²) in [7, 11) is 0. The molecule has 3 N–H and O–H groups in total. The molecule has 0 unspecified atom stereocenters. The van der Waals surface area contributed by atoms with Gasteiger partial charge in [-0.05, 0) is 48.0 Å². The van der Waals surface area contributed by atoms with E-state index in [2.05, 4.69) is 5.32 Å². The predicted octanol–water partition coefficient (Wildman–Crippen LogP) is 8.54. The molecule has 4 rings (SSSR count). The second kappa shape index (κ2) is 12.2. The van der Waals surface area contributed by atoms with Crippen molar-refractivity contribution in [3.05, 3.63) is 86.4 Å². The summed E-state index contributed by atoms with van der Waals surface area (Å²) in [5, 5.41) is 5.84. The molecule has 1 aliphatic rings. The van der Waals surface area contributed by atoms with Crippen LogP contribution in [0, 0.1) is 17.6 Å². The number of carbonyl (C=O) groups is 3. The molecular formula is C26H14Cl5F6N3O3. The summed E-state index contributed by atoms with van der Waals surface area (Å²) < 4.78 is 79.2. The number of amides is 3. The zero-order valence-corrected chi connectivity index (χ0v) is 24.5. The highest BCUT2D eigenvalue weighted by atomic mass is 35.5. The highest BCUT2D eigenvalue weighted by Crippen LogP contribution is 2.65. The second-order valence-corrected chi connectivity index (χ2v) is 11.8. The van der Waals surface area contributed by atoms with Crippen molar-refractivity contribution >= 4 is 92.8 Å². The highest BCUT2D eigenvalue weighted by Gasteiger charge is 2.67. The third-order valence-electron chi connectivity index (χ3n) is 6.27. The summed E-state index contributed by atoms with van der Waals surface area (Å²) in [6.45, 7) is 0. The van der Waals surface area contributed by atoms with Crippen molar-refractivity contribution in [1.82, 2.24) is 0 Å². The number of hydrogen-bond donors (Lipinski definition) is 3. The molecular weight excluding hydrogens is 694 g/mol. The van der Waals surface area contributed by atoms with Crippen LogP contribution in [0.4, 0.5) is 43.4 Å². The van der Waals surface area contributed by atoms with E-state index in [9.17, 15) is 40.7 Å². The third kappa shape index (κ3) is 6.63. The van der Waals surface area contributed by atoms with Crippen LogP contribution < -0.4 is 16.0 Å². The van der Waals surface area contributed by atoms with Gasteiger partial charge in [0, 0.05) is 11.6 Å². The Bertz CT molecular complexity index is 1640. The van der Waals surface area contributed by atoms with Gasteiger partial charge in [0.2, 0.25) is 5.91 Å². The van der Waals surface area contributed by atoms with Crippen LogP contribution in [-0.2, 0) is 9.59 Å². The fourth-order valence-corrected chi connectivity index (χ4v) is 5.36. The lowest BCUT2D eigenvalue weighted by molar-refractivity contribution is -0.163. The van der Waals surface area contributed by atoms with E-state index >= 15 is 0 Å². The van der Waals surface area contributed by atoms with Gasteiger partial charge in [-0.15, -0.1) is 23.2 Å². The van der Waals surface area contributed by atoms with Gasteiger partial charge in [0.1, 0.15) is 15.8 Å². The first-order valence-corrected chi connectivity index (χ1v) is 13.6. The fraction of sp³-hybridized carbons (Fsp3) is 0.192. The van der Waals surface area contributed by atoms with Crippen LogP contribution in [0.5, 0.6) is 0 Å². The molecule has 1 aliphatic carbocycles. The molecule has 0 radical (unpaired) electrons. The molecule has 1 fully saturated rings. The Kier molecular flexibility index (Phi) is 9.39. The largest absolute Gasteiger partial charge is 0.383 e. The number of rotatable bonds is 8. The van der Waals surface area contributed by atoms with E-state index in [1.54, 1.807) is 6.07 Å². The molecule has 0 saturated heterocycles. The van der Waals surface area contributed by atoms with E-state index in [0.29, 0.717) is 17.7 Å². The van der Waals surface area contributed by atoms with Crippen LogP contribution in [0.15, 0.2) is 48.5 Å². The molecule has 0 bridgehead atoms. The quantitative estimate of drug-likeness (QED) is 0.162. The van der Waals surface area contributed by atoms with Gasteiger partial charge in [-0.3, -0.25) is 14.4 Å². The summed E-state index contributed by atoms with van der Waals surface area (Å²) in [6, 6.07) is 9.12. The molecule has 2 atom stereocenters. The number of carbonyl (C=O) groups excluding carboxylic acids is 3. The lowest BCUT2D eigenvalue weighted by Crippen LogP contribution is -2.41. The summed E-state index contributed by atoms with van der Waals surface area (Å²) in [6.07, 6.45) is -4.41. The van der Waals surface area contributed by atoms with Crippen molar-refractivity contribution in [3.63, 3.8) is 0 Å². The normalized spacial score (nSPS) is 17.4. The number of anilines is 3. The van der Waals surface area contributed by atoms with E-state index in [-0.39, 0.29) is 20.8 Å². The fourth-order valence-electron chi connectivity index (χ4n) is 4.02. The van der Waals surface area contributed by atoms with Crippen molar-refractivity contribution in [2.24, 2.45) is 5.92 Å². The zero-order valence-electron chi connectivity index (χ0n) is 20.7. The van der Waals surface area contributed by atoms with Crippen molar-refractivity contribution in [3.8, 4) is 0 Å². The molecule has 3 aromatic carbocycles. The zero-order chi connectivity index (χ0) is 32.0. The van der Waals surface area contributed by atoms with Crippen LogP contribution in [-0.4, -0.2) is 34.4 Å². The van der Waals surface area contributed by atoms with Gasteiger partial charge in [-0.2, -0.15) is 8.78 Å². The molecule has 228 valence electrons. The minimum absolute atomic E-state index is 0.000315. The Morgan fingerprint density at radius 2 is 1.49 bits per heavy atom. The van der Waals surface area contributed by atoms with Crippen LogP contribution >= 0.6 is 58.0 Å². The Morgan fingerprint density at radius 3 is 2.12 bits per heavy atom. The van der Waals surface area contributed by atoms with Crippen LogP contribution in [0.2, 0.25) is 15.1 Å². The summed E-state index contributed by atoms with van der Waals surface area (Å²) >= 11 is 30.7. The van der Waals surface area contributed by atoms with Crippen molar-refractivity contribution in [2.45, 2.75) is 22.6 Å². The molecule has 43 heavy (non-hydrogen) atoms. The molecule has 0 aliphatic heterocycles. The molecule has 3 amide bonds. The minimum atomic E-state index is -5.18. The minimum Gasteiger partial charge on any atom is -0.326 e. The maximum absolute atomic E-state index is 14.9. The van der Waals surface area contributed by atoms with Crippen LogP contribution in [0.1, 0.15) is 21.8 Å². The SMILES string of the molecule is O=C(Nc1c(F)ccc(NC(=O)C(F)(F)C(F)F)c1F)c1cc(NC(=O)[C@H]2[C@H](c3ccc(Cl)c(Cl)c3)C2(Cl)Cl)ccc1Cl. The molecule has 3 aromatic rings. The average Bonchev–Trinajstić information content (AvgIpc) is 3.52. The van der Waals surface area contributed by atoms with E-state index in [4.69, 9.17) is 58.0 Å². The standard InChI is InChI=1S/C26H14Cl5F6N3O3/c27-12-4-2-10(38-22(42)18-17(25(18,30)31)9-1-3-13(28)14(29)7-9)8-11(12)21(41)40-20-15(32)5-6-16(19(20)33)39-24(43)26(36,37)23(34)35/h1-8,17-18,23H,(H,38,42)(H,39,43)(H,40,41)/t17-,18+/m0/s1. The molecule has 0 heterocycles. The monoisotopic (exact) mass is 705 g/mol. The van der Waals surface area contributed by atoms with E-state index < -0.39 is 74.8 Å². The molecule has 1 saturated carbocycles. The maximum atomic E-state index is 14.9. The summed E-state index contributed by atoms with van der Waals surface area (Å²) in [5.74, 6) is -14.4. The summed E-state index contributed by atoms with van der Waals surface area (Å²) in [5.41, 5.74) is -2.21. The van der Waals surface area contributed by atoms with Crippen LogP contribution in [0.3, 0.4) is 0 Å². The lowest BCUT2D eigenvalue weighted by atomic mass is 10.1. The smallest absolute Gasteiger partial charge is 0.326 e. The summed E-state index contributed by atoms with van der Waals surface area (Å²) in [4.78, 5) is 37.4. The van der Waals surface area contributed by atoms with E-state index in [0.717, 1.165) is 6.07 Å². The number of halogens is 11. The Balaban J connectivity index is 1.52. The first kappa shape index (κ1) is 33.0. The van der Waals surface area contributed by atoms with Gasteiger partial charge in [0.25, 0.3) is 5.91 Å². The van der Waals surface area contributed by atoms with E-state index in [1.807, 2.05) is 5.32 Å². The van der Waals surface area contributed by atoms with E-state index in [1.165, 1.54) is 29.6 Å². The average molecular weight is 708 g/mol. The Labute approximate surface area is 263 Å². The number of nitrogens with one attached hydrogen (secondary N) is 3. The molecule has 6 nitrogen and oxygen atoms in total. The number of hydrogen-bond acceptors (Lipinski definition) is 3. The first-order valence-electron chi connectivity index (χ1n) is 11.7. The van der Waals surface area contributed by atoms with Gasteiger partial charge in [-0.25, -0.2) is 17.6 Å². The van der Waals surface area contributed by atoms with Crippen molar-refractivity contribution in [2.75, 3.05) is 16.0 Å².